The largest absolute Gasteiger partial charge is 0.423 e. The highest BCUT2D eigenvalue weighted by molar-refractivity contribution is 5.92. The van der Waals surface area contributed by atoms with Crippen molar-refractivity contribution in [1.29, 1.82) is 0 Å². The van der Waals surface area contributed by atoms with Crippen LogP contribution in [0.4, 0.5) is 0 Å². The molecule has 6 nitrogen and oxygen atoms in total. The van der Waals surface area contributed by atoms with Crippen LogP contribution in [0, 0.1) is 6.92 Å². The van der Waals surface area contributed by atoms with Gasteiger partial charge in [-0.1, -0.05) is 90.5 Å². The number of hydrogen-bond donors (Lipinski definition) is 2. The molecule has 4 rings (SSSR count). The van der Waals surface area contributed by atoms with E-state index in [4.69, 9.17) is 4.74 Å². The third kappa shape index (κ3) is 5.51. The van der Waals surface area contributed by atoms with E-state index in [9.17, 15) is 14.7 Å². The molecule has 0 heterocycles. The number of aryl methyl sites for hydroxylation is 1. The predicted octanol–water partition coefficient (Wildman–Crippen LogP) is 4.60. The van der Waals surface area contributed by atoms with Crippen LogP contribution in [0.5, 0.6) is 5.75 Å². The van der Waals surface area contributed by atoms with Gasteiger partial charge in [-0.05, 0) is 47.9 Å². The lowest BCUT2D eigenvalue weighted by atomic mass is 9.85. The van der Waals surface area contributed by atoms with Crippen LogP contribution in [0.25, 0.3) is 0 Å². The van der Waals surface area contributed by atoms with Gasteiger partial charge in [-0.25, -0.2) is 10.2 Å². The minimum absolute atomic E-state index is 0.343. The zero-order chi connectivity index (χ0) is 24.7. The van der Waals surface area contributed by atoms with Crippen molar-refractivity contribution in [1.82, 2.24) is 5.43 Å². The lowest BCUT2D eigenvalue weighted by Crippen LogP contribution is -2.43. The molecule has 0 unspecified atom stereocenters. The fraction of sp³-hybridized carbons (Fsp3) is 0.0690. The number of hydrogen-bond acceptors (Lipinski definition) is 5. The Hall–Kier alpha value is -4.55. The van der Waals surface area contributed by atoms with Gasteiger partial charge < -0.3 is 9.84 Å². The topological polar surface area (TPSA) is 88.0 Å². The highest BCUT2D eigenvalue weighted by atomic mass is 16.5. The Balaban J connectivity index is 1.48. The molecule has 6 heteroatoms. The maximum atomic E-state index is 13.1. The van der Waals surface area contributed by atoms with Crippen LogP contribution in [0.2, 0.25) is 0 Å². The van der Waals surface area contributed by atoms with E-state index in [1.165, 1.54) is 6.21 Å². The van der Waals surface area contributed by atoms with Gasteiger partial charge in [-0.2, -0.15) is 5.10 Å². The van der Waals surface area contributed by atoms with Crippen molar-refractivity contribution >= 4 is 18.1 Å². The Morgan fingerprint density at radius 1 is 0.829 bits per heavy atom. The number of carbonyl (C=O) groups is 2. The van der Waals surface area contributed by atoms with Crippen LogP contribution in [0.1, 0.15) is 32.6 Å². The summed E-state index contributed by atoms with van der Waals surface area (Å²) >= 11 is 0. The molecule has 0 atom stereocenters. The summed E-state index contributed by atoms with van der Waals surface area (Å²) in [5, 5.41) is 15.5. The number of hydrazone groups is 1. The monoisotopic (exact) mass is 464 g/mol. The smallest absolute Gasteiger partial charge is 0.343 e. The number of nitrogens with zero attached hydrogens (tertiary/aromatic N) is 1. The fourth-order valence-corrected chi connectivity index (χ4v) is 3.55. The summed E-state index contributed by atoms with van der Waals surface area (Å²) in [6, 6.07) is 31.2. The molecule has 35 heavy (non-hydrogen) atoms. The molecule has 0 aliphatic rings. The molecule has 0 aliphatic carbocycles. The van der Waals surface area contributed by atoms with Crippen molar-refractivity contribution in [2.75, 3.05) is 0 Å². The summed E-state index contributed by atoms with van der Waals surface area (Å²) in [4.78, 5) is 25.5. The first-order chi connectivity index (χ1) is 17.0. The SMILES string of the molecule is Cc1ccc(C(=O)Oc2cccc(/C=N\NC(=O)C(O)(c3ccccc3)c3ccccc3)c2)cc1. The third-order valence-electron chi connectivity index (χ3n) is 5.45. The van der Waals surface area contributed by atoms with Crippen molar-refractivity contribution in [3.05, 3.63) is 137 Å². The average Bonchev–Trinajstić information content (AvgIpc) is 2.89. The van der Waals surface area contributed by atoms with E-state index in [0.717, 1.165) is 5.56 Å². The number of rotatable bonds is 7. The summed E-state index contributed by atoms with van der Waals surface area (Å²) < 4.78 is 5.45. The van der Waals surface area contributed by atoms with Gasteiger partial charge in [0.1, 0.15) is 5.75 Å². The maximum absolute atomic E-state index is 13.1. The highest BCUT2D eigenvalue weighted by Gasteiger charge is 2.39. The van der Waals surface area contributed by atoms with E-state index < -0.39 is 17.5 Å². The molecule has 0 spiro atoms. The molecule has 4 aromatic carbocycles. The Kier molecular flexibility index (Phi) is 7.14. The highest BCUT2D eigenvalue weighted by Crippen LogP contribution is 2.29. The molecule has 174 valence electrons. The van der Waals surface area contributed by atoms with E-state index in [1.54, 1.807) is 84.9 Å². The van der Waals surface area contributed by atoms with Crippen molar-refractivity contribution in [3.8, 4) is 5.75 Å². The molecular formula is C29H24N2O4. The molecule has 0 saturated carbocycles. The summed E-state index contributed by atoms with van der Waals surface area (Å²) in [7, 11) is 0. The molecule has 0 radical (unpaired) electrons. The van der Waals surface area contributed by atoms with Gasteiger partial charge in [0.25, 0.3) is 5.91 Å². The van der Waals surface area contributed by atoms with Crippen LogP contribution >= 0.6 is 0 Å². The van der Waals surface area contributed by atoms with Gasteiger partial charge in [0.2, 0.25) is 0 Å². The summed E-state index contributed by atoms with van der Waals surface area (Å²) in [5.41, 5.74) is 3.44. The van der Waals surface area contributed by atoms with Crippen LogP contribution in [0.15, 0.2) is 114 Å². The minimum atomic E-state index is -1.93. The van der Waals surface area contributed by atoms with Crippen molar-refractivity contribution < 1.29 is 19.4 Å². The minimum Gasteiger partial charge on any atom is -0.423 e. The standard InChI is InChI=1S/C29H24N2O4/c1-21-15-17-23(18-16-21)27(32)35-26-14-8-9-22(19-26)20-30-31-28(33)29(34,24-10-4-2-5-11-24)25-12-6-3-7-13-25/h2-20,34H,1H3,(H,31,33)/b30-20-. The first kappa shape index (κ1) is 23.6. The number of amides is 1. The van der Waals surface area contributed by atoms with Gasteiger partial charge in [-0.15, -0.1) is 0 Å². The van der Waals surface area contributed by atoms with Crippen molar-refractivity contribution in [3.63, 3.8) is 0 Å². The van der Waals surface area contributed by atoms with Gasteiger partial charge in [0, 0.05) is 0 Å². The van der Waals surface area contributed by atoms with Crippen LogP contribution in [-0.4, -0.2) is 23.2 Å². The zero-order valence-corrected chi connectivity index (χ0v) is 19.1. The molecule has 4 aromatic rings. The number of aliphatic hydroxyl groups is 1. The predicted molar refractivity (Wildman–Crippen MR) is 134 cm³/mol. The number of esters is 1. The number of nitrogens with one attached hydrogen (secondary N) is 1. The lowest BCUT2D eigenvalue weighted by Gasteiger charge is -2.27. The Morgan fingerprint density at radius 2 is 1.43 bits per heavy atom. The second kappa shape index (κ2) is 10.6. The summed E-state index contributed by atoms with van der Waals surface area (Å²) in [6.45, 7) is 1.94. The molecule has 0 saturated heterocycles. The fourth-order valence-electron chi connectivity index (χ4n) is 3.55. The normalized spacial score (nSPS) is 11.3. The average molecular weight is 465 g/mol. The number of carbonyl (C=O) groups excluding carboxylic acids is 2. The van der Waals surface area contributed by atoms with E-state index in [1.807, 2.05) is 31.2 Å². The summed E-state index contributed by atoms with van der Waals surface area (Å²) in [6.07, 6.45) is 1.41. The van der Waals surface area contributed by atoms with Gasteiger partial charge in [0.15, 0.2) is 5.60 Å². The van der Waals surface area contributed by atoms with Gasteiger partial charge >= 0.3 is 5.97 Å². The third-order valence-corrected chi connectivity index (χ3v) is 5.45. The Labute approximate surface area is 203 Å². The molecule has 0 aromatic heterocycles. The summed E-state index contributed by atoms with van der Waals surface area (Å²) in [5.74, 6) is -0.827. The molecule has 1 amide bonds. The Morgan fingerprint density at radius 3 is 2.03 bits per heavy atom. The molecule has 2 N–H and O–H groups in total. The van der Waals surface area contributed by atoms with Crippen molar-refractivity contribution in [2.45, 2.75) is 12.5 Å². The maximum Gasteiger partial charge on any atom is 0.343 e. The van der Waals surface area contributed by atoms with E-state index in [-0.39, 0.29) is 0 Å². The molecule has 0 fully saturated rings. The number of ether oxygens (including phenoxy) is 1. The zero-order valence-electron chi connectivity index (χ0n) is 19.1. The van der Waals surface area contributed by atoms with Crippen molar-refractivity contribution in [2.24, 2.45) is 5.10 Å². The van der Waals surface area contributed by atoms with E-state index >= 15 is 0 Å². The lowest BCUT2D eigenvalue weighted by molar-refractivity contribution is -0.136. The van der Waals surface area contributed by atoms with Gasteiger partial charge in [-0.3, -0.25) is 4.79 Å². The second-order valence-electron chi connectivity index (χ2n) is 7.97. The number of benzene rings is 4. The first-order valence-corrected chi connectivity index (χ1v) is 11.0. The first-order valence-electron chi connectivity index (χ1n) is 11.0. The van der Waals surface area contributed by atoms with E-state index in [0.29, 0.717) is 28.0 Å². The molecule has 0 bridgehead atoms. The Bertz CT molecular complexity index is 1290. The van der Waals surface area contributed by atoms with Crippen LogP contribution in [0.3, 0.4) is 0 Å². The molecule has 0 aliphatic heterocycles. The van der Waals surface area contributed by atoms with E-state index in [2.05, 4.69) is 10.5 Å². The molecular weight excluding hydrogens is 440 g/mol. The van der Waals surface area contributed by atoms with Gasteiger partial charge in [0.05, 0.1) is 11.8 Å². The van der Waals surface area contributed by atoms with Crippen LogP contribution < -0.4 is 10.2 Å². The quantitative estimate of drug-likeness (QED) is 0.181. The van der Waals surface area contributed by atoms with Crippen LogP contribution in [-0.2, 0) is 10.4 Å². The second-order valence-corrected chi connectivity index (χ2v) is 7.97.